The third kappa shape index (κ3) is 4.38. The molecule has 4 aromatic rings. The predicted octanol–water partition coefficient (Wildman–Crippen LogP) is 5.37. The van der Waals surface area contributed by atoms with Gasteiger partial charge in [-0.2, -0.15) is 5.10 Å². The van der Waals surface area contributed by atoms with Gasteiger partial charge < -0.3 is 9.88 Å². The Kier molecular flexibility index (Phi) is 6.46. The molecule has 7 nitrogen and oxygen atoms in total. The van der Waals surface area contributed by atoms with Gasteiger partial charge in [-0.3, -0.25) is 9.69 Å². The lowest BCUT2D eigenvalue weighted by molar-refractivity contribution is -0.133. The van der Waals surface area contributed by atoms with Gasteiger partial charge in [0.2, 0.25) is 5.91 Å². The number of halogens is 1. The number of fused-ring (bicyclic) bond motifs is 2. The third-order valence-corrected chi connectivity index (χ3v) is 8.73. The highest BCUT2D eigenvalue weighted by molar-refractivity contribution is 5.92. The smallest absolute Gasteiger partial charge is 0.236 e. The molecule has 8 heteroatoms. The summed E-state index contributed by atoms with van der Waals surface area (Å²) in [6, 6.07) is 6.84. The number of benzene rings is 1. The van der Waals surface area contributed by atoms with Crippen LogP contribution in [0.3, 0.4) is 0 Å². The van der Waals surface area contributed by atoms with Crippen molar-refractivity contribution in [3.63, 3.8) is 0 Å². The highest BCUT2D eigenvalue weighted by Gasteiger charge is 2.29. The number of likely N-dealkylation sites (tertiary alicyclic amines) is 2. The molecule has 2 fully saturated rings. The lowest BCUT2D eigenvalue weighted by atomic mass is 9.87. The number of hydrogen-bond acceptors (Lipinski definition) is 4. The molecular weight excluding hydrogens is 479 g/mol. The van der Waals surface area contributed by atoms with Crippen LogP contribution in [0.1, 0.15) is 67.2 Å². The van der Waals surface area contributed by atoms with E-state index in [0.717, 1.165) is 53.9 Å². The molecule has 2 saturated heterocycles. The van der Waals surface area contributed by atoms with Gasteiger partial charge in [-0.05, 0) is 79.3 Å². The molecule has 1 unspecified atom stereocenters. The first-order valence-electron chi connectivity index (χ1n) is 13.9. The number of carbonyl (C=O) groups excluding carboxylic acids is 1. The second kappa shape index (κ2) is 9.80. The molecule has 200 valence electrons. The summed E-state index contributed by atoms with van der Waals surface area (Å²) >= 11 is 0. The number of aromatic amines is 1. The third-order valence-electron chi connectivity index (χ3n) is 8.73. The molecule has 38 heavy (non-hydrogen) atoms. The van der Waals surface area contributed by atoms with Crippen molar-refractivity contribution in [2.24, 2.45) is 0 Å². The fourth-order valence-electron chi connectivity index (χ4n) is 6.43. The van der Waals surface area contributed by atoms with Gasteiger partial charge in [0.1, 0.15) is 12.5 Å². The van der Waals surface area contributed by atoms with Crippen LogP contribution in [0.2, 0.25) is 0 Å². The highest BCUT2D eigenvalue weighted by atomic mass is 19.1. The van der Waals surface area contributed by atoms with Crippen molar-refractivity contribution in [1.29, 1.82) is 0 Å². The minimum Gasteiger partial charge on any atom is -0.354 e. The lowest BCUT2D eigenvalue weighted by Gasteiger charge is -2.33. The van der Waals surface area contributed by atoms with Crippen molar-refractivity contribution in [1.82, 2.24) is 29.4 Å². The number of piperidine rings is 1. The summed E-state index contributed by atoms with van der Waals surface area (Å²) in [6.45, 7) is 11.7. The van der Waals surface area contributed by atoms with Crippen molar-refractivity contribution in [3.05, 3.63) is 53.0 Å². The SMILES string of the molecule is Cc1c(-c2[nH]c3ccc(C4CCN(C(=O)CN5CCC(F)C5)CC4)cc3c2C(C)C)cn2ncnc2c1C. The van der Waals surface area contributed by atoms with E-state index < -0.39 is 6.17 Å². The summed E-state index contributed by atoms with van der Waals surface area (Å²) in [4.78, 5) is 24.9. The summed E-state index contributed by atoms with van der Waals surface area (Å²) in [5, 5.41) is 5.68. The van der Waals surface area contributed by atoms with Crippen LogP contribution in [0, 0.1) is 13.8 Å². The number of rotatable bonds is 5. The number of aryl methyl sites for hydroxylation is 1. The van der Waals surface area contributed by atoms with Gasteiger partial charge in [-0.15, -0.1) is 0 Å². The summed E-state index contributed by atoms with van der Waals surface area (Å²) in [5.41, 5.74) is 9.38. The van der Waals surface area contributed by atoms with E-state index in [-0.39, 0.29) is 5.91 Å². The van der Waals surface area contributed by atoms with Crippen LogP contribution in [0.15, 0.2) is 30.7 Å². The summed E-state index contributed by atoms with van der Waals surface area (Å²) in [6.07, 6.45) is 5.37. The van der Waals surface area contributed by atoms with Gasteiger partial charge in [0.15, 0.2) is 5.65 Å². The summed E-state index contributed by atoms with van der Waals surface area (Å²) in [7, 11) is 0. The fourth-order valence-corrected chi connectivity index (χ4v) is 6.43. The number of aromatic nitrogens is 4. The normalized spacial score (nSPS) is 19.4. The molecule has 3 aromatic heterocycles. The molecule has 0 spiro atoms. The van der Waals surface area contributed by atoms with E-state index >= 15 is 0 Å². The first-order valence-corrected chi connectivity index (χ1v) is 13.9. The molecule has 6 rings (SSSR count). The second-order valence-electron chi connectivity index (χ2n) is 11.5. The maximum atomic E-state index is 13.5. The van der Waals surface area contributed by atoms with E-state index in [1.807, 2.05) is 14.3 Å². The van der Waals surface area contributed by atoms with Crippen molar-refractivity contribution in [2.75, 3.05) is 32.7 Å². The Morgan fingerprint density at radius 3 is 2.63 bits per heavy atom. The second-order valence-corrected chi connectivity index (χ2v) is 11.5. The maximum absolute atomic E-state index is 13.5. The largest absolute Gasteiger partial charge is 0.354 e. The number of nitrogens with zero attached hydrogens (tertiary/aromatic N) is 5. The molecule has 1 aromatic carbocycles. The van der Waals surface area contributed by atoms with Crippen molar-refractivity contribution < 1.29 is 9.18 Å². The zero-order valence-corrected chi connectivity index (χ0v) is 22.8. The van der Waals surface area contributed by atoms with E-state index in [1.165, 1.54) is 22.1 Å². The van der Waals surface area contributed by atoms with Crippen LogP contribution in [0.4, 0.5) is 4.39 Å². The molecule has 1 N–H and O–H groups in total. The van der Waals surface area contributed by atoms with Crippen LogP contribution >= 0.6 is 0 Å². The zero-order valence-electron chi connectivity index (χ0n) is 22.8. The van der Waals surface area contributed by atoms with Crippen LogP contribution < -0.4 is 0 Å². The number of H-pyrrole nitrogens is 1. The van der Waals surface area contributed by atoms with Crippen LogP contribution in [-0.4, -0.2) is 74.2 Å². The minimum absolute atomic E-state index is 0.139. The highest BCUT2D eigenvalue weighted by Crippen LogP contribution is 2.40. The van der Waals surface area contributed by atoms with Gasteiger partial charge in [0.25, 0.3) is 0 Å². The molecule has 2 aliphatic heterocycles. The van der Waals surface area contributed by atoms with Gasteiger partial charge in [-0.1, -0.05) is 19.9 Å². The van der Waals surface area contributed by atoms with Crippen molar-refractivity contribution in [2.45, 2.75) is 65.0 Å². The topological polar surface area (TPSA) is 69.5 Å². The van der Waals surface area contributed by atoms with Crippen molar-refractivity contribution in [3.8, 4) is 11.3 Å². The predicted molar refractivity (Wildman–Crippen MR) is 148 cm³/mol. The van der Waals surface area contributed by atoms with Gasteiger partial charge in [-0.25, -0.2) is 13.9 Å². The Bertz CT molecular complexity index is 1500. The lowest BCUT2D eigenvalue weighted by Crippen LogP contribution is -2.43. The average molecular weight is 517 g/mol. The number of carbonyl (C=O) groups is 1. The van der Waals surface area contributed by atoms with Crippen LogP contribution in [0.5, 0.6) is 0 Å². The number of nitrogens with one attached hydrogen (secondary N) is 1. The molecule has 0 bridgehead atoms. The molecule has 2 aliphatic rings. The van der Waals surface area contributed by atoms with E-state index in [9.17, 15) is 9.18 Å². The van der Waals surface area contributed by atoms with E-state index in [4.69, 9.17) is 0 Å². The number of hydrogen-bond donors (Lipinski definition) is 1. The average Bonchev–Trinajstić information content (AvgIpc) is 3.64. The monoisotopic (exact) mass is 516 g/mol. The van der Waals surface area contributed by atoms with Crippen LogP contribution in [0.25, 0.3) is 27.8 Å². The Balaban J connectivity index is 1.26. The van der Waals surface area contributed by atoms with E-state index in [2.05, 4.69) is 67.2 Å². The van der Waals surface area contributed by atoms with Gasteiger partial charge in [0.05, 0.1) is 12.2 Å². The molecule has 0 aliphatic carbocycles. The number of amides is 1. The standard InChI is InChI=1S/C30H37FN6O/c1-18(2)28-24-13-22(21-7-11-36(12-8-21)27(38)16-35-10-9-23(31)14-35)5-6-26(24)34-29(28)25-15-37-30(32-17-33-37)20(4)19(25)3/h5-6,13,15,17-18,21,23,34H,7-12,14,16H2,1-4H3. The molecule has 1 amide bonds. The number of alkyl halides is 1. The molecule has 5 heterocycles. The quantitative estimate of drug-likeness (QED) is 0.387. The summed E-state index contributed by atoms with van der Waals surface area (Å²) < 4.78 is 15.4. The molecule has 1 atom stereocenters. The summed E-state index contributed by atoms with van der Waals surface area (Å²) in [5.74, 6) is 0.911. The molecular formula is C30H37FN6O. The molecule has 0 saturated carbocycles. The first kappa shape index (κ1) is 25.0. The Labute approximate surface area is 223 Å². The maximum Gasteiger partial charge on any atom is 0.236 e. The molecule has 0 radical (unpaired) electrons. The Morgan fingerprint density at radius 2 is 1.92 bits per heavy atom. The van der Waals surface area contributed by atoms with Gasteiger partial charge in [0, 0.05) is 48.8 Å². The van der Waals surface area contributed by atoms with E-state index in [1.54, 1.807) is 6.33 Å². The first-order chi connectivity index (χ1) is 18.3. The van der Waals surface area contributed by atoms with Crippen molar-refractivity contribution >= 4 is 22.5 Å². The Hall–Kier alpha value is -3.26. The van der Waals surface area contributed by atoms with Crippen LogP contribution in [-0.2, 0) is 4.79 Å². The fraction of sp³-hybridized carbons (Fsp3) is 0.500. The number of pyridine rings is 1. The zero-order chi connectivity index (χ0) is 26.6. The Morgan fingerprint density at radius 1 is 1.13 bits per heavy atom. The van der Waals surface area contributed by atoms with E-state index in [0.29, 0.717) is 37.9 Å². The minimum atomic E-state index is -0.786. The van der Waals surface area contributed by atoms with Gasteiger partial charge >= 0.3 is 0 Å².